The van der Waals surface area contributed by atoms with E-state index in [9.17, 15) is 13.9 Å². The van der Waals surface area contributed by atoms with E-state index < -0.39 is 10.6 Å². The molecule has 1 saturated heterocycles. The lowest BCUT2D eigenvalue weighted by atomic mass is 9.32. The summed E-state index contributed by atoms with van der Waals surface area (Å²) in [5.41, 5.74) is 2.08. The quantitative estimate of drug-likeness (QED) is 0.0750. The van der Waals surface area contributed by atoms with Gasteiger partial charge in [-0.2, -0.15) is 10.6 Å². The van der Waals surface area contributed by atoms with Crippen molar-refractivity contribution >= 4 is 16.6 Å². The molecular formula is C46H82N2O8S. The van der Waals surface area contributed by atoms with E-state index in [1.165, 1.54) is 56.9 Å². The summed E-state index contributed by atoms with van der Waals surface area (Å²) < 4.78 is 50.0. The number of hydrogen-bond acceptors (Lipinski definition) is 10. The first-order valence-electron chi connectivity index (χ1n) is 22.7. The SMILES string of the molecule is C=C(C)[C@@H]1CC[C@]2(NC[C@H]([C@@H](C)OCCOCCOCCOC)N3CCS(O)(O)CC3)CC[C@]3(C)[C@H](CC[C@@H]4[C@@]5(C)CC[C@H](OC(C)=O)C(C)(C)[C@@H]5CC[C@]43C)[C@@H]12. The molecule has 0 unspecified atom stereocenters. The van der Waals surface area contributed by atoms with Crippen LogP contribution in [-0.4, -0.2) is 122 Å². The normalized spacial score (nSPS) is 41.5. The van der Waals surface area contributed by atoms with Gasteiger partial charge < -0.3 is 29.0 Å². The number of hydrogen-bond donors (Lipinski definition) is 3. The maximum atomic E-state index is 12.2. The molecule has 3 N–H and O–H groups in total. The highest BCUT2D eigenvalue weighted by Gasteiger charge is 2.71. The summed E-state index contributed by atoms with van der Waals surface area (Å²) in [5, 5.41) is 4.35. The largest absolute Gasteiger partial charge is 0.462 e. The molecule has 5 saturated carbocycles. The van der Waals surface area contributed by atoms with Crippen LogP contribution in [0.5, 0.6) is 0 Å². The number of methoxy groups -OCH3 is 1. The third kappa shape index (κ3) is 8.82. The van der Waals surface area contributed by atoms with Crippen molar-refractivity contribution in [2.75, 3.05) is 77.9 Å². The molecule has 1 heterocycles. The van der Waals surface area contributed by atoms with Crippen molar-refractivity contribution in [1.29, 1.82) is 0 Å². The maximum Gasteiger partial charge on any atom is 0.302 e. The Morgan fingerprint density at radius 2 is 1.49 bits per heavy atom. The van der Waals surface area contributed by atoms with Crippen LogP contribution in [0.25, 0.3) is 0 Å². The molecule has 10 nitrogen and oxygen atoms in total. The van der Waals surface area contributed by atoms with Gasteiger partial charge in [-0.1, -0.05) is 46.8 Å². The van der Waals surface area contributed by atoms with Gasteiger partial charge in [0.1, 0.15) is 6.10 Å². The lowest BCUT2D eigenvalue weighted by Gasteiger charge is -2.73. The van der Waals surface area contributed by atoms with Crippen LogP contribution in [0.4, 0.5) is 0 Å². The molecule has 11 heteroatoms. The minimum Gasteiger partial charge on any atom is -0.462 e. The van der Waals surface area contributed by atoms with E-state index in [-0.39, 0.29) is 51.4 Å². The molecule has 6 aliphatic rings. The van der Waals surface area contributed by atoms with Gasteiger partial charge in [-0.25, -0.2) is 0 Å². The number of nitrogens with zero attached hydrogens (tertiary/aromatic N) is 1. The number of rotatable bonds is 17. The standard InChI is InChI=1S/C46H82N2O8S/c1-32(2)35-13-18-46(47-31-37(48-21-29-57(50,51)30-22-48)33(3)55-28-27-54-26-25-53-24-23-52-10)20-19-44(8)36(41(35)46)11-12-39-43(7)16-15-40(56-34(4)49)42(5,6)38(43)14-17-45(39,44)9/h33,35-41,47,50-51H,1,11-31H2,2-10H3/t33-,35+,36-,37-,38+,39-,40+,41-,43+,44-,45-,46+/m1/s1. The molecule has 0 amide bonds. The van der Waals surface area contributed by atoms with Gasteiger partial charge in [-0.15, -0.1) is 0 Å². The van der Waals surface area contributed by atoms with Crippen molar-refractivity contribution in [1.82, 2.24) is 10.2 Å². The highest BCUT2D eigenvalue weighted by Crippen LogP contribution is 2.76. The van der Waals surface area contributed by atoms with E-state index in [1.54, 1.807) is 14.0 Å². The first-order valence-corrected chi connectivity index (χ1v) is 24.5. The molecular weight excluding hydrogens is 741 g/mol. The molecule has 12 atom stereocenters. The van der Waals surface area contributed by atoms with Gasteiger partial charge in [-0.3, -0.25) is 18.8 Å². The highest BCUT2D eigenvalue weighted by atomic mass is 32.3. The van der Waals surface area contributed by atoms with Crippen LogP contribution in [0, 0.1) is 51.2 Å². The van der Waals surface area contributed by atoms with Gasteiger partial charge in [0.25, 0.3) is 0 Å². The van der Waals surface area contributed by atoms with E-state index in [0.29, 0.717) is 93.8 Å². The first kappa shape index (κ1) is 45.8. The first-order chi connectivity index (χ1) is 26.9. The maximum absolute atomic E-state index is 12.2. The summed E-state index contributed by atoms with van der Waals surface area (Å²) in [6.45, 7) is 28.9. The molecule has 5 aliphatic carbocycles. The van der Waals surface area contributed by atoms with E-state index >= 15 is 0 Å². The molecule has 6 fully saturated rings. The molecule has 0 aromatic rings. The van der Waals surface area contributed by atoms with Gasteiger partial charge >= 0.3 is 5.97 Å². The van der Waals surface area contributed by atoms with Crippen molar-refractivity contribution in [3.63, 3.8) is 0 Å². The fourth-order valence-corrected chi connectivity index (χ4v) is 15.9. The average Bonchev–Trinajstić information content (AvgIpc) is 3.53. The molecule has 330 valence electrons. The van der Waals surface area contributed by atoms with Crippen LogP contribution in [0.3, 0.4) is 0 Å². The number of fused-ring (bicyclic) bond motifs is 7. The fraction of sp³-hybridized carbons (Fsp3) is 0.935. The fourth-order valence-electron chi connectivity index (χ4n) is 14.7. The van der Waals surface area contributed by atoms with Crippen molar-refractivity contribution in [2.24, 2.45) is 51.2 Å². The Hall–Kier alpha value is -0.760. The van der Waals surface area contributed by atoms with Gasteiger partial charge in [0.05, 0.1) is 57.3 Å². The number of allylic oxidation sites excluding steroid dienone is 1. The summed E-state index contributed by atoms with van der Waals surface area (Å²) in [6.07, 6.45) is 11.9. The van der Waals surface area contributed by atoms with Crippen molar-refractivity contribution in [2.45, 2.75) is 143 Å². The predicted molar refractivity (Wildman–Crippen MR) is 230 cm³/mol. The minimum atomic E-state index is -2.51. The lowest BCUT2D eigenvalue weighted by molar-refractivity contribution is -0.246. The Bertz CT molecular complexity index is 1390. The van der Waals surface area contributed by atoms with Crippen molar-refractivity contribution < 1.29 is 37.6 Å². The Kier molecular flexibility index (Phi) is 14.4. The van der Waals surface area contributed by atoms with E-state index in [1.807, 2.05) is 0 Å². The second-order valence-corrected chi connectivity index (χ2v) is 23.2. The zero-order valence-electron chi connectivity index (χ0n) is 37.4. The second kappa shape index (κ2) is 17.9. The molecule has 0 spiro atoms. The number of carbonyl (C=O) groups is 1. The van der Waals surface area contributed by atoms with Crippen molar-refractivity contribution in [3.8, 4) is 0 Å². The van der Waals surface area contributed by atoms with E-state index in [0.717, 1.165) is 19.4 Å². The topological polar surface area (TPSA) is 119 Å². The van der Waals surface area contributed by atoms with E-state index in [4.69, 9.17) is 23.7 Å². The number of esters is 1. The van der Waals surface area contributed by atoms with Crippen LogP contribution < -0.4 is 5.32 Å². The molecule has 0 aromatic carbocycles. The second-order valence-electron chi connectivity index (χ2n) is 20.8. The average molecular weight is 823 g/mol. The zero-order chi connectivity index (χ0) is 41.4. The molecule has 57 heavy (non-hydrogen) atoms. The van der Waals surface area contributed by atoms with E-state index in [2.05, 4.69) is 65.3 Å². The summed E-state index contributed by atoms with van der Waals surface area (Å²) in [7, 11) is -0.841. The van der Waals surface area contributed by atoms with Crippen LogP contribution in [-0.2, 0) is 28.5 Å². The highest BCUT2D eigenvalue weighted by molar-refractivity contribution is 8.24. The third-order valence-electron chi connectivity index (χ3n) is 17.8. The Labute approximate surface area is 348 Å². The third-order valence-corrected chi connectivity index (χ3v) is 19.5. The summed E-state index contributed by atoms with van der Waals surface area (Å²) in [6, 6.07) is 0.110. The lowest BCUT2D eigenvalue weighted by Crippen LogP contribution is -2.69. The predicted octanol–water partition coefficient (Wildman–Crippen LogP) is 8.44. The summed E-state index contributed by atoms with van der Waals surface area (Å²) in [4.78, 5) is 14.6. The number of nitrogens with one attached hydrogen (secondary N) is 1. The summed E-state index contributed by atoms with van der Waals surface area (Å²) in [5.74, 6) is 3.60. The van der Waals surface area contributed by atoms with Crippen LogP contribution in [0.2, 0.25) is 0 Å². The molecule has 1 aliphatic heterocycles. The Morgan fingerprint density at radius 1 is 0.825 bits per heavy atom. The van der Waals surface area contributed by atoms with Crippen molar-refractivity contribution in [3.05, 3.63) is 12.2 Å². The number of carbonyl (C=O) groups excluding carboxylic acids is 1. The molecule has 0 radical (unpaired) electrons. The van der Waals surface area contributed by atoms with Gasteiger partial charge in [0, 0.05) is 50.7 Å². The zero-order valence-corrected chi connectivity index (χ0v) is 38.2. The van der Waals surface area contributed by atoms with Crippen LogP contribution >= 0.6 is 10.6 Å². The molecule has 0 aromatic heterocycles. The minimum absolute atomic E-state index is 0.00304. The van der Waals surface area contributed by atoms with Crippen LogP contribution in [0.15, 0.2) is 12.2 Å². The van der Waals surface area contributed by atoms with Gasteiger partial charge in [0.15, 0.2) is 0 Å². The molecule has 6 rings (SSSR count). The Balaban J connectivity index is 1.19. The monoisotopic (exact) mass is 823 g/mol. The van der Waals surface area contributed by atoms with Crippen LogP contribution in [0.1, 0.15) is 120 Å². The summed E-state index contributed by atoms with van der Waals surface area (Å²) >= 11 is 0. The number of ether oxygens (including phenoxy) is 5. The molecule has 0 bridgehead atoms. The van der Waals surface area contributed by atoms with Gasteiger partial charge in [-0.05, 0) is 124 Å². The Morgan fingerprint density at radius 3 is 2.14 bits per heavy atom. The van der Waals surface area contributed by atoms with Gasteiger partial charge in [0.2, 0.25) is 0 Å². The smallest absolute Gasteiger partial charge is 0.302 e.